The van der Waals surface area contributed by atoms with E-state index in [-0.39, 0.29) is 11.8 Å². The van der Waals surface area contributed by atoms with Crippen molar-refractivity contribution in [3.8, 4) is 0 Å². The summed E-state index contributed by atoms with van der Waals surface area (Å²) in [4.78, 5) is 24.5. The molecule has 2 amide bonds. The first kappa shape index (κ1) is 15.2. The molecular formula is C14H24NO3-. The standard InChI is InChI=1S/C14H24NO3/c1-12(16)8-5-3-2-4-6-11-15-13(17)9-7-10-14(15)18/h12H,2-11H2,1H3/q-1. The van der Waals surface area contributed by atoms with Crippen molar-refractivity contribution in [3.63, 3.8) is 0 Å². The van der Waals surface area contributed by atoms with Crippen LogP contribution in [-0.4, -0.2) is 29.4 Å². The van der Waals surface area contributed by atoms with Gasteiger partial charge < -0.3 is 5.11 Å². The molecule has 0 spiro atoms. The number of nitrogens with zero attached hydrogens (tertiary/aromatic N) is 1. The van der Waals surface area contributed by atoms with Crippen LogP contribution >= 0.6 is 0 Å². The monoisotopic (exact) mass is 254 g/mol. The quantitative estimate of drug-likeness (QED) is 0.488. The molecule has 1 unspecified atom stereocenters. The van der Waals surface area contributed by atoms with Crippen LogP contribution < -0.4 is 5.11 Å². The summed E-state index contributed by atoms with van der Waals surface area (Å²) in [6.45, 7) is 2.28. The lowest BCUT2D eigenvalue weighted by Crippen LogP contribution is -2.40. The Bertz CT molecular complexity index is 260. The van der Waals surface area contributed by atoms with E-state index in [1.807, 2.05) is 0 Å². The molecule has 104 valence electrons. The summed E-state index contributed by atoms with van der Waals surface area (Å²) in [6.07, 6.45) is 7.14. The average molecular weight is 254 g/mol. The molecule has 0 bridgehead atoms. The predicted molar refractivity (Wildman–Crippen MR) is 67.7 cm³/mol. The van der Waals surface area contributed by atoms with Gasteiger partial charge in [-0.25, -0.2) is 0 Å². The third-order valence-electron chi connectivity index (χ3n) is 3.38. The smallest absolute Gasteiger partial charge is 0.229 e. The zero-order valence-electron chi connectivity index (χ0n) is 11.3. The van der Waals surface area contributed by atoms with Crippen molar-refractivity contribution in [2.24, 2.45) is 0 Å². The number of hydrogen-bond donors (Lipinski definition) is 0. The third kappa shape index (κ3) is 5.63. The van der Waals surface area contributed by atoms with Crippen molar-refractivity contribution in [1.29, 1.82) is 0 Å². The van der Waals surface area contributed by atoms with Crippen LogP contribution in [0.2, 0.25) is 0 Å². The van der Waals surface area contributed by atoms with E-state index in [2.05, 4.69) is 0 Å². The van der Waals surface area contributed by atoms with Gasteiger partial charge in [0.05, 0.1) is 0 Å². The Kier molecular flexibility index (Phi) is 6.94. The number of amides is 2. The molecule has 1 atom stereocenters. The maximum atomic E-state index is 11.5. The van der Waals surface area contributed by atoms with E-state index in [4.69, 9.17) is 0 Å². The molecule has 0 N–H and O–H groups in total. The van der Waals surface area contributed by atoms with Gasteiger partial charge in [0, 0.05) is 19.4 Å². The number of likely N-dealkylation sites (tertiary alicyclic amines) is 1. The average Bonchev–Trinajstić information content (AvgIpc) is 2.30. The maximum absolute atomic E-state index is 11.5. The largest absolute Gasteiger partial charge is 0.852 e. The van der Waals surface area contributed by atoms with Crippen LogP contribution in [0.4, 0.5) is 0 Å². The second-order valence-corrected chi connectivity index (χ2v) is 5.16. The van der Waals surface area contributed by atoms with Crippen molar-refractivity contribution in [2.45, 2.75) is 70.8 Å². The summed E-state index contributed by atoms with van der Waals surface area (Å²) >= 11 is 0. The first-order valence-electron chi connectivity index (χ1n) is 7.10. The molecule has 1 heterocycles. The Labute approximate surface area is 109 Å². The maximum Gasteiger partial charge on any atom is 0.229 e. The van der Waals surface area contributed by atoms with Gasteiger partial charge in [0.2, 0.25) is 11.8 Å². The molecule has 18 heavy (non-hydrogen) atoms. The van der Waals surface area contributed by atoms with Crippen LogP contribution in [0.25, 0.3) is 0 Å². The van der Waals surface area contributed by atoms with E-state index < -0.39 is 6.10 Å². The Morgan fingerprint density at radius 1 is 1.06 bits per heavy atom. The molecule has 1 saturated heterocycles. The van der Waals surface area contributed by atoms with E-state index in [1.54, 1.807) is 6.92 Å². The fraction of sp³-hybridized carbons (Fsp3) is 0.857. The fourth-order valence-corrected chi connectivity index (χ4v) is 2.28. The first-order valence-corrected chi connectivity index (χ1v) is 7.10. The van der Waals surface area contributed by atoms with Crippen LogP contribution in [0.3, 0.4) is 0 Å². The van der Waals surface area contributed by atoms with E-state index in [9.17, 15) is 14.7 Å². The zero-order valence-corrected chi connectivity index (χ0v) is 11.3. The number of unbranched alkanes of at least 4 members (excludes halogenated alkanes) is 4. The molecular weight excluding hydrogens is 230 g/mol. The van der Waals surface area contributed by atoms with Crippen molar-refractivity contribution >= 4 is 11.8 Å². The lowest BCUT2D eigenvalue weighted by atomic mass is 10.1. The number of piperidine rings is 1. The molecule has 1 aliphatic heterocycles. The number of carbonyl (C=O) groups excluding carboxylic acids is 2. The van der Waals surface area contributed by atoms with Crippen molar-refractivity contribution in [1.82, 2.24) is 4.90 Å². The number of carbonyl (C=O) groups is 2. The predicted octanol–water partition coefficient (Wildman–Crippen LogP) is 1.61. The molecule has 0 aromatic carbocycles. The van der Waals surface area contributed by atoms with Gasteiger partial charge in [0.25, 0.3) is 0 Å². The molecule has 0 saturated carbocycles. The number of imide groups is 1. The Morgan fingerprint density at radius 3 is 2.22 bits per heavy atom. The highest BCUT2D eigenvalue weighted by molar-refractivity contribution is 5.97. The van der Waals surface area contributed by atoms with Gasteiger partial charge in [0.1, 0.15) is 0 Å². The zero-order chi connectivity index (χ0) is 13.4. The fourth-order valence-electron chi connectivity index (χ4n) is 2.28. The van der Waals surface area contributed by atoms with Crippen LogP contribution in [0.5, 0.6) is 0 Å². The second-order valence-electron chi connectivity index (χ2n) is 5.16. The van der Waals surface area contributed by atoms with Gasteiger partial charge in [-0.05, 0) is 12.8 Å². The van der Waals surface area contributed by atoms with Crippen LogP contribution in [0.15, 0.2) is 0 Å². The summed E-state index contributed by atoms with van der Waals surface area (Å²) in [5.41, 5.74) is 0. The highest BCUT2D eigenvalue weighted by Gasteiger charge is 2.24. The normalized spacial score (nSPS) is 18.2. The molecule has 0 aromatic rings. The van der Waals surface area contributed by atoms with Gasteiger partial charge in [-0.15, -0.1) is 6.10 Å². The van der Waals surface area contributed by atoms with Gasteiger partial charge in [-0.2, -0.15) is 0 Å². The highest BCUT2D eigenvalue weighted by Crippen LogP contribution is 2.14. The van der Waals surface area contributed by atoms with Crippen LogP contribution in [0.1, 0.15) is 64.7 Å². The number of rotatable bonds is 8. The Hall–Kier alpha value is -0.900. The Balaban J connectivity index is 2.03. The topological polar surface area (TPSA) is 60.4 Å². The van der Waals surface area contributed by atoms with Gasteiger partial charge in [0.15, 0.2) is 0 Å². The summed E-state index contributed by atoms with van der Waals surface area (Å²) in [7, 11) is 0. The van der Waals surface area contributed by atoms with Crippen molar-refractivity contribution < 1.29 is 14.7 Å². The number of hydrogen-bond acceptors (Lipinski definition) is 3. The molecule has 1 fully saturated rings. The molecule has 0 radical (unpaired) electrons. The van der Waals surface area contributed by atoms with Gasteiger partial charge >= 0.3 is 0 Å². The van der Waals surface area contributed by atoms with E-state index >= 15 is 0 Å². The summed E-state index contributed by atoms with van der Waals surface area (Å²) in [5, 5.41) is 10.8. The van der Waals surface area contributed by atoms with E-state index in [0.29, 0.717) is 25.8 Å². The van der Waals surface area contributed by atoms with Crippen LogP contribution in [0, 0.1) is 0 Å². The molecule has 4 nitrogen and oxygen atoms in total. The van der Waals surface area contributed by atoms with Gasteiger partial charge in [-0.3, -0.25) is 14.5 Å². The summed E-state index contributed by atoms with van der Waals surface area (Å²) in [5.74, 6) is -0.0159. The minimum absolute atomic E-state index is 0.00794. The lowest BCUT2D eigenvalue weighted by molar-refractivity contribution is -0.415. The van der Waals surface area contributed by atoms with E-state index in [0.717, 1.165) is 38.5 Å². The minimum atomic E-state index is -0.450. The molecule has 1 rings (SSSR count). The SMILES string of the molecule is CC([O-])CCCCCCCN1C(=O)CCCC1=O. The molecule has 0 aliphatic carbocycles. The van der Waals surface area contributed by atoms with Crippen molar-refractivity contribution in [2.75, 3.05) is 6.54 Å². The Morgan fingerprint density at radius 2 is 1.61 bits per heavy atom. The van der Waals surface area contributed by atoms with Gasteiger partial charge in [-0.1, -0.05) is 39.0 Å². The highest BCUT2D eigenvalue weighted by atomic mass is 16.3. The molecule has 4 heteroatoms. The molecule has 1 aliphatic rings. The lowest BCUT2D eigenvalue weighted by Gasteiger charge is -2.24. The van der Waals surface area contributed by atoms with E-state index in [1.165, 1.54) is 4.90 Å². The van der Waals surface area contributed by atoms with Crippen molar-refractivity contribution in [3.05, 3.63) is 0 Å². The summed E-state index contributed by atoms with van der Waals surface area (Å²) in [6, 6.07) is 0. The van der Waals surface area contributed by atoms with Crippen LogP contribution in [-0.2, 0) is 9.59 Å². The second kappa shape index (κ2) is 8.25. The first-order chi connectivity index (χ1) is 8.61. The third-order valence-corrected chi connectivity index (χ3v) is 3.38. The molecule has 0 aromatic heterocycles. The summed E-state index contributed by atoms with van der Waals surface area (Å²) < 4.78 is 0. The minimum Gasteiger partial charge on any atom is -0.852 e.